The molecule has 0 bridgehead atoms. The highest BCUT2D eigenvalue weighted by atomic mass is 32.1. The van der Waals surface area contributed by atoms with Crippen LogP contribution in [0.15, 0.2) is 11.1 Å². The van der Waals surface area contributed by atoms with Crippen molar-refractivity contribution >= 4 is 35.7 Å². The number of fused-ring (bicyclic) bond motifs is 1. The van der Waals surface area contributed by atoms with Crippen LogP contribution in [0.25, 0.3) is 11.2 Å². The fourth-order valence-electron chi connectivity index (χ4n) is 1.61. The fraction of sp³-hybridized carbons (Fsp3) is 0.455. The molecule has 22 heavy (non-hydrogen) atoms. The third-order valence-electron chi connectivity index (χ3n) is 2.69. The molecule has 0 saturated carbocycles. The molecule has 11 heteroatoms. The number of nitrogens with two attached hydrogens (primary N) is 2. The van der Waals surface area contributed by atoms with Crippen molar-refractivity contribution in [1.29, 1.82) is 0 Å². The Balaban J connectivity index is 1.86. The molecule has 2 aromatic heterocycles. The molecule has 0 fully saturated rings. The van der Waals surface area contributed by atoms with Crippen LogP contribution in [0.2, 0.25) is 0 Å². The molecule has 120 valence electrons. The number of esters is 1. The summed E-state index contributed by atoms with van der Waals surface area (Å²) in [5.74, 6) is -0.330. The maximum atomic E-state index is 11.6. The van der Waals surface area contributed by atoms with Gasteiger partial charge < -0.3 is 20.9 Å². The number of nitrogens with zero attached hydrogens (tertiary/aromatic N) is 3. The van der Waals surface area contributed by atoms with Gasteiger partial charge in [0.1, 0.15) is 19.4 Å². The van der Waals surface area contributed by atoms with Crippen molar-refractivity contribution in [1.82, 2.24) is 19.5 Å². The standard InChI is InChI=1S/C11H16N6O4S/c12-6(3-22)10(19)21-2-1-20-5-17-4-14-7-8(17)15-11(13)16-9(7)18/h4,6,22H,1-3,5,12H2,(H3,13,15,16,18)/t6-/m1/s1. The highest BCUT2D eigenvalue weighted by molar-refractivity contribution is 7.80. The van der Waals surface area contributed by atoms with E-state index >= 15 is 0 Å². The van der Waals surface area contributed by atoms with E-state index in [4.69, 9.17) is 20.9 Å². The zero-order chi connectivity index (χ0) is 16.1. The Kier molecular flexibility index (Phi) is 5.35. The number of anilines is 1. The first-order valence-electron chi connectivity index (χ1n) is 6.34. The monoisotopic (exact) mass is 328 g/mol. The first kappa shape index (κ1) is 16.3. The van der Waals surface area contributed by atoms with E-state index in [1.54, 1.807) is 0 Å². The van der Waals surface area contributed by atoms with Gasteiger partial charge in [0.15, 0.2) is 11.2 Å². The van der Waals surface area contributed by atoms with Crippen LogP contribution in [-0.4, -0.2) is 50.5 Å². The van der Waals surface area contributed by atoms with Crippen LogP contribution in [-0.2, 0) is 21.0 Å². The van der Waals surface area contributed by atoms with Crippen molar-refractivity contribution in [2.75, 3.05) is 24.7 Å². The van der Waals surface area contributed by atoms with E-state index < -0.39 is 17.6 Å². The molecule has 2 heterocycles. The summed E-state index contributed by atoms with van der Waals surface area (Å²) in [5, 5.41) is 0. The van der Waals surface area contributed by atoms with Gasteiger partial charge in [-0.25, -0.2) is 4.98 Å². The highest BCUT2D eigenvalue weighted by Gasteiger charge is 2.12. The largest absolute Gasteiger partial charge is 0.462 e. The Labute approximate surface area is 130 Å². The molecule has 0 aliphatic rings. The highest BCUT2D eigenvalue weighted by Crippen LogP contribution is 2.06. The van der Waals surface area contributed by atoms with E-state index in [9.17, 15) is 9.59 Å². The maximum Gasteiger partial charge on any atom is 0.323 e. The molecule has 2 rings (SSSR count). The molecule has 0 aliphatic heterocycles. The van der Waals surface area contributed by atoms with E-state index in [0.29, 0.717) is 5.65 Å². The number of carbonyl (C=O) groups excluding carboxylic acids is 1. The predicted octanol–water partition coefficient (Wildman–Crippen LogP) is -1.52. The number of ether oxygens (including phenoxy) is 2. The average molecular weight is 328 g/mol. The Morgan fingerprint density at radius 2 is 2.27 bits per heavy atom. The Bertz CT molecular complexity index is 714. The third kappa shape index (κ3) is 3.75. The number of thiol groups is 1. The number of carbonyl (C=O) groups is 1. The first-order chi connectivity index (χ1) is 10.5. The van der Waals surface area contributed by atoms with Crippen LogP contribution in [0.3, 0.4) is 0 Å². The minimum atomic E-state index is -0.750. The zero-order valence-electron chi connectivity index (χ0n) is 11.6. The van der Waals surface area contributed by atoms with E-state index in [2.05, 4.69) is 27.6 Å². The minimum Gasteiger partial charge on any atom is -0.462 e. The molecular formula is C11H16N6O4S. The molecule has 0 radical (unpaired) electrons. The average Bonchev–Trinajstić information content (AvgIpc) is 2.89. The summed E-state index contributed by atoms with van der Waals surface area (Å²) < 4.78 is 11.7. The van der Waals surface area contributed by atoms with Crippen LogP contribution in [0.1, 0.15) is 0 Å². The number of hydrogen-bond donors (Lipinski definition) is 4. The summed E-state index contributed by atoms with van der Waals surface area (Å²) >= 11 is 3.90. The number of hydrogen-bond acceptors (Lipinski definition) is 9. The molecule has 0 aromatic carbocycles. The number of aromatic amines is 1. The molecule has 5 N–H and O–H groups in total. The lowest BCUT2D eigenvalue weighted by Crippen LogP contribution is -2.34. The van der Waals surface area contributed by atoms with Gasteiger partial charge in [0, 0.05) is 5.75 Å². The van der Waals surface area contributed by atoms with Crippen LogP contribution in [0.4, 0.5) is 5.95 Å². The van der Waals surface area contributed by atoms with Crippen LogP contribution in [0.5, 0.6) is 0 Å². The maximum absolute atomic E-state index is 11.6. The SMILES string of the molecule is Nc1nc2c(ncn2COCCOC(=O)[C@H](N)CS)c(=O)[nH]1. The predicted molar refractivity (Wildman–Crippen MR) is 81.3 cm³/mol. The number of nitrogens with one attached hydrogen (secondary N) is 1. The van der Waals surface area contributed by atoms with E-state index in [-0.39, 0.29) is 37.2 Å². The van der Waals surface area contributed by atoms with Gasteiger partial charge in [-0.2, -0.15) is 17.6 Å². The Morgan fingerprint density at radius 1 is 1.50 bits per heavy atom. The third-order valence-corrected chi connectivity index (χ3v) is 3.09. The van der Waals surface area contributed by atoms with E-state index in [0.717, 1.165) is 0 Å². The van der Waals surface area contributed by atoms with Crippen molar-refractivity contribution in [2.24, 2.45) is 5.73 Å². The summed E-state index contributed by atoms with van der Waals surface area (Å²) in [6.07, 6.45) is 1.41. The molecule has 2 aromatic rings. The molecule has 0 aliphatic carbocycles. The summed E-state index contributed by atoms with van der Waals surface area (Å²) in [4.78, 5) is 33.1. The van der Waals surface area contributed by atoms with Gasteiger partial charge in [-0.05, 0) is 0 Å². The van der Waals surface area contributed by atoms with Crippen molar-refractivity contribution in [3.05, 3.63) is 16.7 Å². The van der Waals surface area contributed by atoms with Crippen molar-refractivity contribution in [3.63, 3.8) is 0 Å². The van der Waals surface area contributed by atoms with Crippen LogP contribution < -0.4 is 17.0 Å². The second kappa shape index (κ2) is 7.24. The lowest BCUT2D eigenvalue weighted by atomic mass is 10.4. The summed E-state index contributed by atoms with van der Waals surface area (Å²) in [6.45, 7) is 0.301. The summed E-state index contributed by atoms with van der Waals surface area (Å²) in [7, 11) is 0. The zero-order valence-corrected chi connectivity index (χ0v) is 12.5. The summed E-state index contributed by atoms with van der Waals surface area (Å²) in [6, 6.07) is -0.750. The molecule has 0 saturated heterocycles. The van der Waals surface area contributed by atoms with Crippen molar-refractivity contribution in [3.8, 4) is 0 Å². The number of rotatable bonds is 7. The minimum absolute atomic E-state index is 0.00563. The fourth-order valence-corrected chi connectivity index (χ4v) is 1.76. The molecule has 0 unspecified atom stereocenters. The van der Waals surface area contributed by atoms with Crippen LogP contribution in [0, 0.1) is 0 Å². The molecule has 1 atom stereocenters. The normalized spacial score (nSPS) is 12.5. The van der Waals surface area contributed by atoms with Crippen LogP contribution >= 0.6 is 12.6 Å². The lowest BCUT2D eigenvalue weighted by Gasteiger charge is -2.09. The van der Waals surface area contributed by atoms with Gasteiger partial charge >= 0.3 is 5.97 Å². The number of imidazole rings is 1. The number of aromatic nitrogens is 4. The Morgan fingerprint density at radius 3 is 3.00 bits per heavy atom. The van der Waals surface area contributed by atoms with Gasteiger partial charge in [-0.3, -0.25) is 19.1 Å². The second-order valence-electron chi connectivity index (χ2n) is 4.33. The Hall–Kier alpha value is -2.11. The quantitative estimate of drug-likeness (QED) is 0.272. The number of nitrogen functional groups attached to an aromatic ring is 1. The van der Waals surface area contributed by atoms with Crippen molar-refractivity contribution in [2.45, 2.75) is 12.8 Å². The molecule has 0 amide bonds. The summed E-state index contributed by atoms with van der Waals surface area (Å²) in [5.41, 5.74) is 11.0. The smallest absolute Gasteiger partial charge is 0.323 e. The van der Waals surface area contributed by atoms with E-state index in [1.165, 1.54) is 10.9 Å². The van der Waals surface area contributed by atoms with Gasteiger partial charge in [-0.15, -0.1) is 0 Å². The van der Waals surface area contributed by atoms with Gasteiger partial charge in [-0.1, -0.05) is 0 Å². The molecule has 10 nitrogen and oxygen atoms in total. The number of H-pyrrole nitrogens is 1. The second-order valence-corrected chi connectivity index (χ2v) is 4.70. The van der Waals surface area contributed by atoms with Crippen molar-refractivity contribution < 1.29 is 14.3 Å². The van der Waals surface area contributed by atoms with Gasteiger partial charge in [0.25, 0.3) is 5.56 Å². The van der Waals surface area contributed by atoms with Gasteiger partial charge in [0.2, 0.25) is 5.95 Å². The molecular weight excluding hydrogens is 312 g/mol. The molecule has 0 spiro atoms. The van der Waals surface area contributed by atoms with E-state index in [1.807, 2.05) is 0 Å². The topological polar surface area (TPSA) is 151 Å². The first-order valence-corrected chi connectivity index (χ1v) is 6.97. The lowest BCUT2D eigenvalue weighted by molar-refractivity contribution is -0.146. The van der Waals surface area contributed by atoms with Gasteiger partial charge in [0.05, 0.1) is 12.9 Å².